The number of nitrogens with one attached hydrogen (secondary N) is 2. The number of carbonyl (C=O) groups is 2. The Morgan fingerprint density at radius 1 is 1.33 bits per heavy atom. The van der Waals surface area contributed by atoms with Gasteiger partial charge in [0.1, 0.15) is 0 Å². The Labute approximate surface area is 141 Å². The summed E-state index contributed by atoms with van der Waals surface area (Å²) in [4.78, 5) is 30.9. The molecule has 0 unspecified atom stereocenters. The van der Waals surface area contributed by atoms with Gasteiger partial charge < -0.3 is 10.6 Å². The summed E-state index contributed by atoms with van der Waals surface area (Å²) in [7, 11) is 0. The van der Waals surface area contributed by atoms with Crippen LogP contribution in [0.1, 0.15) is 16.1 Å². The summed E-state index contributed by atoms with van der Waals surface area (Å²) in [5, 5.41) is 7.58. The minimum atomic E-state index is -0.163. The number of carbonyl (C=O) groups excluding carboxylic acids is 2. The van der Waals surface area contributed by atoms with E-state index in [1.54, 1.807) is 40.5 Å². The second-order valence-corrected chi connectivity index (χ2v) is 6.31. The van der Waals surface area contributed by atoms with E-state index in [0.717, 1.165) is 16.3 Å². The minimum absolute atomic E-state index is 0.105. The number of benzene rings is 1. The predicted octanol–water partition coefficient (Wildman–Crippen LogP) is 1.86. The number of aromatic nitrogens is 2. The molecular formula is C16H15N5O2S. The molecule has 0 bridgehead atoms. The Balaban J connectivity index is 1.40. The maximum Gasteiger partial charge on any atom is 0.321 e. The summed E-state index contributed by atoms with van der Waals surface area (Å²) in [6, 6.07) is 6.91. The Kier molecular flexibility index (Phi) is 3.66. The van der Waals surface area contributed by atoms with Crippen molar-refractivity contribution in [2.75, 3.05) is 18.0 Å². The van der Waals surface area contributed by atoms with E-state index in [1.165, 1.54) is 0 Å². The summed E-state index contributed by atoms with van der Waals surface area (Å²) < 4.78 is 1.93. The number of thiazole rings is 1. The fourth-order valence-corrected chi connectivity index (χ4v) is 3.36. The standard InChI is InChI=1S/C16H15N5O2S/c22-14(18-9-12-10-20-7-8-24-16(20)19-12)11-1-3-13(4-2-11)21-6-5-17-15(21)23/h1-4,7-8,10H,5-6,9H2,(H,17,23)(H,18,22). The predicted molar refractivity (Wildman–Crippen MR) is 91.4 cm³/mol. The van der Waals surface area contributed by atoms with E-state index >= 15 is 0 Å². The molecule has 1 aromatic carbocycles. The SMILES string of the molecule is O=C(NCc1cn2ccsc2n1)c1ccc(N2CCNC2=O)cc1. The first kappa shape index (κ1) is 14.7. The molecule has 1 aliphatic rings. The zero-order valence-electron chi connectivity index (χ0n) is 12.7. The first-order valence-electron chi connectivity index (χ1n) is 7.55. The van der Waals surface area contributed by atoms with Crippen LogP contribution in [0, 0.1) is 0 Å². The van der Waals surface area contributed by atoms with Crippen molar-refractivity contribution in [2.45, 2.75) is 6.54 Å². The van der Waals surface area contributed by atoms with Gasteiger partial charge in [0, 0.05) is 42.1 Å². The van der Waals surface area contributed by atoms with Gasteiger partial charge in [-0.25, -0.2) is 9.78 Å². The number of rotatable bonds is 4. The van der Waals surface area contributed by atoms with E-state index in [9.17, 15) is 9.59 Å². The summed E-state index contributed by atoms with van der Waals surface area (Å²) >= 11 is 1.55. The van der Waals surface area contributed by atoms with Crippen LogP contribution in [0.15, 0.2) is 42.0 Å². The molecule has 1 fully saturated rings. The average Bonchev–Trinajstić information content (AvgIpc) is 3.28. The van der Waals surface area contributed by atoms with Crippen LogP contribution < -0.4 is 15.5 Å². The Morgan fingerprint density at radius 2 is 2.17 bits per heavy atom. The van der Waals surface area contributed by atoms with Gasteiger partial charge in [-0.2, -0.15) is 0 Å². The Bertz CT molecular complexity index is 870. The van der Waals surface area contributed by atoms with Gasteiger partial charge in [-0.3, -0.25) is 14.1 Å². The second-order valence-electron chi connectivity index (χ2n) is 5.44. The maximum atomic E-state index is 12.2. The topological polar surface area (TPSA) is 78.7 Å². The molecule has 3 heterocycles. The molecule has 8 heteroatoms. The number of nitrogens with zero attached hydrogens (tertiary/aromatic N) is 3. The molecule has 1 aliphatic heterocycles. The van der Waals surface area contributed by atoms with E-state index in [1.807, 2.05) is 22.2 Å². The monoisotopic (exact) mass is 341 g/mol. The van der Waals surface area contributed by atoms with Gasteiger partial charge >= 0.3 is 6.03 Å². The van der Waals surface area contributed by atoms with Gasteiger partial charge in [-0.1, -0.05) is 0 Å². The quantitative estimate of drug-likeness (QED) is 0.760. The number of amides is 3. The Hall–Kier alpha value is -2.87. The van der Waals surface area contributed by atoms with Crippen LogP contribution in [0.2, 0.25) is 0 Å². The summed E-state index contributed by atoms with van der Waals surface area (Å²) in [6.45, 7) is 1.66. The van der Waals surface area contributed by atoms with E-state index in [4.69, 9.17) is 0 Å². The third kappa shape index (κ3) is 2.71. The van der Waals surface area contributed by atoms with Crippen LogP contribution in [-0.4, -0.2) is 34.4 Å². The van der Waals surface area contributed by atoms with Crippen molar-refractivity contribution in [1.29, 1.82) is 0 Å². The summed E-state index contributed by atoms with van der Waals surface area (Å²) in [5.41, 5.74) is 2.16. The first-order valence-corrected chi connectivity index (χ1v) is 8.43. The highest BCUT2D eigenvalue weighted by Gasteiger charge is 2.21. The van der Waals surface area contributed by atoms with Crippen molar-refractivity contribution < 1.29 is 9.59 Å². The van der Waals surface area contributed by atoms with Crippen LogP contribution in [-0.2, 0) is 6.54 Å². The van der Waals surface area contributed by atoms with Crippen molar-refractivity contribution in [3.63, 3.8) is 0 Å². The van der Waals surface area contributed by atoms with Gasteiger partial charge in [0.25, 0.3) is 5.91 Å². The van der Waals surface area contributed by atoms with Crippen molar-refractivity contribution in [2.24, 2.45) is 0 Å². The van der Waals surface area contributed by atoms with Gasteiger partial charge in [0.2, 0.25) is 0 Å². The molecule has 4 rings (SSSR count). The molecule has 24 heavy (non-hydrogen) atoms. The Morgan fingerprint density at radius 3 is 2.88 bits per heavy atom. The fourth-order valence-electron chi connectivity index (χ4n) is 2.64. The average molecular weight is 341 g/mol. The zero-order chi connectivity index (χ0) is 16.5. The number of hydrogen-bond donors (Lipinski definition) is 2. The lowest BCUT2D eigenvalue weighted by Gasteiger charge is -2.14. The number of hydrogen-bond acceptors (Lipinski definition) is 4. The molecule has 2 aromatic heterocycles. The molecule has 0 saturated carbocycles. The van der Waals surface area contributed by atoms with E-state index < -0.39 is 0 Å². The van der Waals surface area contributed by atoms with Crippen LogP contribution >= 0.6 is 11.3 Å². The third-order valence-corrected chi connectivity index (χ3v) is 4.64. The molecule has 0 radical (unpaired) electrons. The number of urea groups is 1. The lowest BCUT2D eigenvalue weighted by Crippen LogP contribution is -2.28. The molecular weight excluding hydrogens is 326 g/mol. The van der Waals surface area contributed by atoms with E-state index in [0.29, 0.717) is 25.2 Å². The highest BCUT2D eigenvalue weighted by molar-refractivity contribution is 7.15. The molecule has 7 nitrogen and oxygen atoms in total. The second kappa shape index (κ2) is 5.97. The van der Waals surface area contributed by atoms with Crippen LogP contribution in [0.3, 0.4) is 0 Å². The van der Waals surface area contributed by atoms with Crippen LogP contribution in [0.4, 0.5) is 10.5 Å². The zero-order valence-corrected chi connectivity index (χ0v) is 13.5. The molecule has 0 spiro atoms. The molecule has 122 valence electrons. The smallest absolute Gasteiger partial charge is 0.321 e. The van der Waals surface area contributed by atoms with Gasteiger partial charge in [-0.05, 0) is 24.3 Å². The number of imidazole rings is 1. The summed E-state index contributed by atoms with van der Waals surface area (Å²) in [5.74, 6) is -0.163. The highest BCUT2D eigenvalue weighted by atomic mass is 32.1. The van der Waals surface area contributed by atoms with Crippen molar-refractivity contribution >= 4 is 33.9 Å². The maximum absolute atomic E-state index is 12.2. The molecule has 0 aliphatic carbocycles. The summed E-state index contributed by atoms with van der Waals surface area (Å²) in [6.07, 6.45) is 3.84. The normalized spacial score (nSPS) is 14.2. The largest absolute Gasteiger partial charge is 0.346 e. The van der Waals surface area contributed by atoms with E-state index in [2.05, 4.69) is 15.6 Å². The lowest BCUT2D eigenvalue weighted by molar-refractivity contribution is 0.0950. The third-order valence-electron chi connectivity index (χ3n) is 3.87. The van der Waals surface area contributed by atoms with Crippen molar-refractivity contribution in [3.8, 4) is 0 Å². The fraction of sp³-hybridized carbons (Fsp3) is 0.188. The van der Waals surface area contributed by atoms with Crippen molar-refractivity contribution in [3.05, 3.63) is 53.3 Å². The van der Waals surface area contributed by atoms with Gasteiger partial charge in [-0.15, -0.1) is 11.3 Å². The van der Waals surface area contributed by atoms with Crippen LogP contribution in [0.5, 0.6) is 0 Å². The number of fused-ring (bicyclic) bond motifs is 1. The first-order chi connectivity index (χ1) is 11.7. The molecule has 2 N–H and O–H groups in total. The molecule has 3 aromatic rings. The van der Waals surface area contributed by atoms with Gasteiger partial charge in [0.15, 0.2) is 4.96 Å². The molecule has 3 amide bonds. The van der Waals surface area contributed by atoms with Gasteiger partial charge in [0.05, 0.1) is 12.2 Å². The highest BCUT2D eigenvalue weighted by Crippen LogP contribution is 2.17. The van der Waals surface area contributed by atoms with Crippen LogP contribution in [0.25, 0.3) is 4.96 Å². The molecule has 1 saturated heterocycles. The lowest BCUT2D eigenvalue weighted by atomic mass is 10.2. The number of anilines is 1. The molecule has 0 atom stereocenters. The van der Waals surface area contributed by atoms with E-state index in [-0.39, 0.29) is 11.9 Å². The minimum Gasteiger partial charge on any atom is -0.346 e. The van der Waals surface area contributed by atoms with Crippen molar-refractivity contribution in [1.82, 2.24) is 20.0 Å².